The Hall–Kier alpha value is -4.59. The first-order valence-electron chi connectivity index (χ1n) is 10.5. The third-order valence-corrected chi connectivity index (χ3v) is 5.21. The molecule has 1 aromatic heterocycles. The summed E-state index contributed by atoms with van der Waals surface area (Å²) in [6, 6.07) is 23.0. The second kappa shape index (κ2) is 9.91. The molecule has 8 heteroatoms. The number of hydrogen-bond acceptors (Lipinski definition) is 5. The van der Waals surface area contributed by atoms with Crippen molar-refractivity contribution in [3.63, 3.8) is 0 Å². The van der Waals surface area contributed by atoms with Gasteiger partial charge in [-0.05, 0) is 54.1 Å². The topological polar surface area (TPSA) is 101 Å². The van der Waals surface area contributed by atoms with Gasteiger partial charge in [0.2, 0.25) is 5.91 Å². The molecule has 3 amide bonds. The lowest BCUT2D eigenvalue weighted by molar-refractivity contribution is -0.115. The van der Waals surface area contributed by atoms with Gasteiger partial charge in [-0.3, -0.25) is 14.5 Å². The Morgan fingerprint density at radius 3 is 2.21 bits per heavy atom. The molecule has 0 bridgehead atoms. The third-order valence-electron chi connectivity index (χ3n) is 5.21. The number of furan rings is 1. The van der Waals surface area contributed by atoms with Gasteiger partial charge in [0, 0.05) is 29.5 Å². The number of nitrogens with one attached hydrogen (secondary N) is 2. The maximum Gasteiger partial charge on any atom is 0.413 e. The first-order valence-corrected chi connectivity index (χ1v) is 10.5. The molecular formula is C26H23N3O5. The molecule has 0 atom stereocenters. The number of carbonyl (C=O) groups excluding carboxylic acids is 3. The first-order chi connectivity index (χ1) is 16.4. The standard InChI is InChI=1S/C26H23N3O5/c1-29(26(32)33-2)21-13-11-19(12-14-21)27-24(30)15-17-7-9-20(10-8-17)28-25(31)23-16-18-5-3-4-6-22(18)34-23/h3-14,16H,15H2,1-2H3,(H,27,30)(H,28,31). The number of fused-ring (bicyclic) bond motifs is 1. The Morgan fingerprint density at radius 2 is 1.53 bits per heavy atom. The second-order valence-electron chi connectivity index (χ2n) is 7.60. The zero-order valence-electron chi connectivity index (χ0n) is 18.7. The first kappa shape index (κ1) is 22.6. The minimum Gasteiger partial charge on any atom is -0.452 e. The smallest absolute Gasteiger partial charge is 0.413 e. The van der Waals surface area contributed by atoms with E-state index in [4.69, 9.17) is 4.42 Å². The summed E-state index contributed by atoms with van der Waals surface area (Å²) in [5, 5.41) is 6.48. The molecule has 0 radical (unpaired) electrons. The largest absolute Gasteiger partial charge is 0.452 e. The fourth-order valence-electron chi connectivity index (χ4n) is 3.39. The van der Waals surface area contributed by atoms with Crippen molar-refractivity contribution in [1.29, 1.82) is 0 Å². The number of carbonyl (C=O) groups is 3. The van der Waals surface area contributed by atoms with Gasteiger partial charge in [-0.15, -0.1) is 0 Å². The van der Waals surface area contributed by atoms with Crippen LogP contribution in [0.1, 0.15) is 16.1 Å². The molecule has 8 nitrogen and oxygen atoms in total. The summed E-state index contributed by atoms with van der Waals surface area (Å²) in [5.74, 6) is -0.301. The molecule has 0 fully saturated rings. The Kier molecular flexibility index (Phi) is 6.59. The molecule has 0 unspecified atom stereocenters. The predicted molar refractivity (Wildman–Crippen MR) is 130 cm³/mol. The predicted octanol–water partition coefficient (Wildman–Crippen LogP) is 5.07. The van der Waals surface area contributed by atoms with Gasteiger partial charge in [-0.1, -0.05) is 30.3 Å². The van der Waals surface area contributed by atoms with Gasteiger partial charge < -0.3 is 19.8 Å². The van der Waals surface area contributed by atoms with Crippen molar-refractivity contribution in [2.45, 2.75) is 6.42 Å². The fraction of sp³-hybridized carbons (Fsp3) is 0.115. The molecule has 3 aromatic carbocycles. The molecule has 0 spiro atoms. The zero-order chi connectivity index (χ0) is 24.1. The minimum absolute atomic E-state index is 0.168. The summed E-state index contributed by atoms with van der Waals surface area (Å²) < 4.78 is 10.3. The highest BCUT2D eigenvalue weighted by Crippen LogP contribution is 2.21. The molecule has 34 heavy (non-hydrogen) atoms. The summed E-state index contributed by atoms with van der Waals surface area (Å²) in [5.41, 5.74) is 3.30. The number of benzene rings is 3. The lowest BCUT2D eigenvalue weighted by Crippen LogP contribution is -2.25. The summed E-state index contributed by atoms with van der Waals surface area (Å²) in [6.07, 6.45) is -0.309. The van der Waals surface area contributed by atoms with Crippen LogP contribution in [-0.2, 0) is 16.0 Å². The molecule has 0 aliphatic heterocycles. The van der Waals surface area contributed by atoms with E-state index in [0.717, 1.165) is 10.9 Å². The van der Waals surface area contributed by atoms with Crippen LogP contribution in [0.4, 0.5) is 21.9 Å². The van der Waals surface area contributed by atoms with Crippen LogP contribution in [0.2, 0.25) is 0 Å². The van der Waals surface area contributed by atoms with Crippen molar-refractivity contribution in [3.8, 4) is 0 Å². The zero-order valence-corrected chi connectivity index (χ0v) is 18.7. The highest BCUT2D eigenvalue weighted by molar-refractivity contribution is 6.04. The number of amides is 3. The number of methoxy groups -OCH3 is 1. The maximum absolute atomic E-state index is 12.5. The van der Waals surface area contributed by atoms with Crippen LogP contribution >= 0.6 is 0 Å². The van der Waals surface area contributed by atoms with Crippen LogP contribution in [0.15, 0.2) is 83.3 Å². The van der Waals surface area contributed by atoms with Crippen molar-refractivity contribution in [2.75, 3.05) is 29.7 Å². The van der Waals surface area contributed by atoms with E-state index in [2.05, 4.69) is 15.4 Å². The Morgan fingerprint density at radius 1 is 0.882 bits per heavy atom. The molecule has 0 aliphatic rings. The van der Waals surface area contributed by atoms with Crippen molar-refractivity contribution in [3.05, 3.63) is 90.2 Å². The second-order valence-corrected chi connectivity index (χ2v) is 7.60. The van der Waals surface area contributed by atoms with Gasteiger partial charge in [-0.2, -0.15) is 0 Å². The molecular weight excluding hydrogens is 434 g/mol. The highest BCUT2D eigenvalue weighted by Gasteiger charge is 2.13. The van der Waals surface area contributed by atoms with E-state index in [0.29, 0.717) is 22.6 Å². The van der Waals surface area contributed by atoms with Gasteiger partial charge >= 0.3 is 6.09 Å². The quantitative estimate of drug-likeness (QED) is 0.421. The molecule has 172 valence electrons. The molecule has 0 saturated carbocycles. The molecule has 0 saturated heterocycles. The number of rotatable bonds is 6. The van der Waals surface area contributed by atoms with Crippen LogP contribution in [0.25, 0.3) is 11.0 Å². The van der Waals surface area contributed by atoms with Gasteiger partial charge in [0.1, 0.15) is 5.58 Å². The lowest BCUT2D eigenvalue weighted by Gasteiger charge is -2.16. The van der Waals surface area contributed by atoms with E-state index in [1.807, 2.05) is 18.2 Å². The molecule has 2 N–H and O–H groups in total. The fourth-order valence-corrected chi connectivity index (χ4v) is 3.39. The summed E-state index contributed by atoms with van der Waals surface area (Å²) in [7, 11) is 2.91. The summed E-state index contributed by atoms with van der Waals surface area (Å²) in [4.78, 5) is 37.8. The van der Waals surface area contributed by atoms with Gasteiger partial charge in [0.05, 0.1) is 13.5 Å². The van der Waals surface area contributed by atoms with Crippen LogP contribution in [0.3, 0.4) is 0 Å². The van der Waals surface area contributed by atoms with Crippen LogP contribution in [0.5, 0.6) is 0 Å². The Bertz CT molecular complexity index is 1290. The maximum atomic E-state index is 12.5. The molecule has 1 heterocycles. The van der Waals surface area contributed by atoms with E-state index >= 15 is 0 Å². The van der Waals surface area contributed by atoms with Gasteiger partial charge in [-0.25, -0.2) is 4.79 Å². The van der Waals surface area contributed by atoms with Crippen LogP contribution in [0, 0.1) is 0 Å². The Balaban J connectivity index is 1.32. The van der Waals surface area contributed by atoms with E-state index in [-0.39, 0.29) is 24.0 Å². The average molecular weight is 457 g/mol. The molecule has 0 aliphatic carbocycles. The van der Waals surface area contributed by atoms with Crippen molar-refractivity contribution in [1.82, 2.24) is 0 Å². The SMILES string of the molecule is COC(=O)N(C)c1ccc(NC(=O)Cc2ccc(NC(=O)c3cc4ccccc4o3)cc2)cc1. The highest BCUT2D eigenvalue weighted by atomic mass is 16.5. The molecule has 4 aromatic rings. The van der Waals surface area contributed by atoms with E-state index in [9.17, 15) is 14.4 Å². The van der Waals surface area contributed by atoms with E-state index in [1.165, 1.54) is 12.0 Å². The monoisotopic (exact) mass is 457 g/mol. The number of ether oxygens (including phenoxy) is 1. The number of para-hydroxylation sites is 1. The number of hydrogen-bond donors (Lipinski definition) is 2. The van der Waals surface area contributed by atoms with Crippen molar-refractivity contribution in [2.24, 2.45) is 0 Å². The Labute approximate surface area is 196 Å². The molecule has 4 rings (SSSR count). The number of anilines is 3. The van der Waals surface area contributed by atoms with Gasteiger partial charge in [0.15, 0.2) is 5.76 Å². The lowest BCUT2D eigenvalue weighted by atomic mass is 10.1. The average Bonchev–Trinajstić information content (AvgIpc) is 3.29. The van der Waals surface area contributed by atoms with Gasteiger partial charge in [0.25, 0.3) is 5.91 Å². The van der Waals surface area contributed by atoms with Crippen LogP contribution < -0.4 is 15.5 Å². The number of nitrogens with zero attached hydrogens (tertiary/aromatic N) is 1. The van der Waals surface area contributed by atoms with Crippen LogP contribution in [-0.4, -0.2) is 32.1 Å². The van der Waals surface area contributed by atoms with E-state index < -0.39 is 6.09 Å². The van der Waals surface area contributed by atoms with E-state index in [1.54, 1.807) is 67.7 Å². The summed E-state index contributed by atoms with van der Waals surface area (Å²) in [6.45, 7) is 0. The van der Waals surface area contributed by atoms with Crippen molar-refractivity contribution >= 4 is 45.9 Å². The normalized spacial score (nSPS) is 10.5. The third kappa shape index (κ3) is 5.24. The minimum atomic E-state index is -0.478. The van der Waals surface area contributed by atoms with Crippen molar-refractivity contribution < 1.29 is 23.5 Å². The summed E-state index contributed by atoms with van der Waals surface area (Å²) >= 11 is 0.